The van der Waals surface area contributed by atoms with Crippen molar-refractivity contribution in [1.29, 1.82) is 0 Å². The van der Waals surface area contributed by atoms with Gasteiger partial charge < -0.3 is 20.7 Å². The van der Waals surface area contributed by atoms with Crippen LogP contribution in [0.25, 0.3) is 0 Å². The van der Waals surface area contributed by atoms with Crippen LogP contribution in [0.4, 0.5) is 11.4 Å². The van der Waals surface area contributed by atoms with Crippen molar-refractivity contribution in [3.8, 4) is 0 Å². The number of benzene rings is 1. The maximum Gasteiger partial charge on any atom is 0.244 e. The smallest absolute Gasteiger partial charge is 0.244 e. The summed E-state index contributed by atoms with van der Waals surface area (Å²) in [5.74, 6) is 0.102. The number of nitrogens with one attached hydrogen (secondary N) is 1. The Balaban J connectivity index is 2.01. The number of amides is 1. The first-order chi connectivity index (χ1) is 9.08. The maximum absolute atomic E-state index is 12.3. The summed E-state index contributed by atoms with van der Waals surface area (Å²) in [7, 11) is 0. The average molecular weight is 263 g/mol. The quantitative estimate of drug-likeness (QED) is 0.805. The Bertz CT molecular complexity index is 456. The fraction of sp³-hybridized carbons (Fsp3) is 0.500. The van der Waals surface area contributed by atoms with Gasteiger partial charge in [-0.25, -0.2) is 0 Å². The zero-order chi connectivity index (χ0) is 13.8. The molecule has 1 aromatic carbocycles. The SMILES string of the molecule is Cc1ccc(N)cc1NC(C)C(=O)N1CCOCC1. The van der Waals surface area contributed by atoms with Gasteiger partial charge in [0.1, 0.15) is 6.04 Å². The Hall–Kier alpha value is -1.75. The van der Waals surface area contributed by atoms with E-state index < -0.39 is 0 Å². The van der Waals surface area contributed by atoms with Crippen LogP contribution in [0.1, 0.15) is 12.5 Å². The molecule has 19 heavy (non-hydrogen) atoms. The number of hydrogen-bond acceptors (Lipinski definition) is 4. The number of rotatable bonds is 3. The minimum atomic E-state index is -0.265. The molecular weight excluding hydrogens is 242 g/mol. The van der Waals surface area contributed by atoms with Crippen LogP contribution in [-0.4, -0.2) is 43.2 Å². The van der Waals surface area contributed by atoms with Crippen LogP contribution in [-0.2, 0) is 9.53 Å². The van der Waals surface area contributed by atoms with E-state index in [2.05, 4.69) is 5.32 Å². The number of hydrogen-bond donors (Lipinski definition) is 2. The topological polar surface area (TPSA) is 67.6 Å². The summed E-state index contributed by atoms with van der Waals surface area (Å²) in [4.78, 5) is 14.1. The minimum Gasteiger partial charge on any atom is -0.399 e. The predicted molar refractivity (Wildman–Crippen MR) is 76.1 cm³/mol. The lowest BCUT2D eigenvalue weighted by atomic mass is 10.1. The van der Waals surface area contributed by atoms with Crippen LogP contribution in [0.2, 0.25) is 0 Å². The molecule has 1 aliphatic heterocycles. The highest BCUT2D eigenvalue weighted by Gasteiger charge is 2.22. The van der Waals surface area contributed by atoms with Crippen LogP contribution in [0.3, 0.4) is 0 Å². The van der Waals surface area contributed by atoms with Crippen molar-refractivity contribution in [2.24, 2.45) is 0 Å². The molecule has 0 aromatic heterocycles. The number of aryl methyl sites for hydroxylation is 1. The van der Waals surface area contributed by atoms with E-state index in [4.69, 9.17) is 10.5 Å². The van der Waals surface area contributed by atoms with Gasteiger partial charge in [-0.05, 0) is 31.5 Å². The Morgan fingerprint density at radius 3 is 2.79 bits per heavy atom. The van der Waals surface area contributed by atoms with Crippen molar-refractivity contribution in [3.05, 3.63) is 23.8 Å². The molecule has 1 unspecified atom stereocenters. The third-order valence-electron chi connectivity index (χ3n) is 3.33. The third kappa shape index (κ3) is 3.38. The van der Waals surface area contributed by atoms with Crippen LogP contribution in [0, 0.1) is 6.92 Å². The summed E-state index contributed by atoms with van der Waals surface area (Å²) in [6.45, 7) is 6.45. The van der Waals surface area contributed by atoms with Gasteiger partial charge in [0.05, 0.1) is 13.2 Å². The van der Waals surface area contributed by atoms with Crippen molar-refractivity contribution in [2.45, 2.75) is 19.9 Å². The Kier molecular flexibility index (Phi) is 4.27. The van der Waals surface area contributed by atoms with Crippen LogP contribution in [0.5, 0.6) is 0 Å². The van der Waals surface area contributed by atoms with Gasteiger partial charge in [0.25, 0.3) is 0 Å². The Morgan fingerprint density at radius 1 is 1.42 bits per heavy atom. The lowest BCUT2D eigenvalue weighted by Crippen LogP contribution is -2.47. The van der Waals surface area contributed by atoms with Gasteiger partial charge in [-0.2, -0.15) is 0 Å². The number of anilines is 2. The Morgan fingerprint density at radius 2 is 2.11 bits per heavy atom. The summed E-state index contributed by atoms with van der Waals surface area (Å²) < 4.78 is 5.25. The van der Waals surface area contributed by atoms with Crippen LogP contribution in [0.15, 0.2) is 18.2 Å². The van der Waals surface area contributed by atoms with E-state index in [1.807, 2.05) is 36.9 Å². The highest BCUT2D eigenvalue weighted by molar-refractivity contribution is 5.84. The third-order valence-corrected chi connectivity index (χ3v) is 3.33. The summed E-state index contributed by atoms with van der Waals surface area (Å²) in [6, 6.07) is 5.40. The normalized spacial score (nSPS) is 17.1. The second kappa shape index (κ2) is 5.93. The van der Waals surface area contributed by atoms with Gasteiger partial charge >= 0.3 is 0 Å². The number of nitrogens with zero attached hydrogens (tertiary/aromatic N) is 1. The number of carbonyl (C=O) groups is 1. The lowest BCUT2D eigenvalue weighted by Gasteiger charge is -2.30. The van der Waals surface area contributed by atoms with Gasteiger partial charge in [-0.15, -0.1) is 0 Å². The molecule has 1 aromatic rings. The molecule has 1 aliphatic rings. The second-order valence-corrected chi connectivity index (χ2v) is 4.88. The molecule has 1 fully saturated rings. The van der Waals surface area contributed by atoms with E-state index in [-0.39, 0.29) is 11.9 Å². The minimum absolute atomic E-state index is 0.102. The van der Waals surface area contributed by atoms with Crippen LogP contribution < -0.4 is 11.1 Å². The fourth-order valence-corrected chi connectivity index (χ4v) is 2.15. The van der Waals surface area contributed by atoms with Gasteiger partial charge in [-0.1, -0.05) is 6.07 Å². The Labute approximate surface area is 113 Å². The largest absolute Gasteiger partial charge is 0.399 e. The molecule has 1 atom stereocenters. The van der Waals surface area contributed by atoms with Gasteiger partial charge in [0, 0.05) is 24.5 Å². The van der Waals surface area contributed by atoms with Crippen LogP contribution >= 0.6 is 0 Å². The predicted octanol–water partition coefficient (Wildman–Crippen LogP) is 1.24. The molecule has 104 valence electrons. The van der Waals surface area contributed by atoms with E-state index in [0.29, 0.717) is 32.0 Å². The first kappa shape index (κ1) is 13.7. The van der Waals surface area contributed by atoms with E-state index in [0.717, 1.165) is 11.3 Å². The molecule has 1 saturated heterocycles. The van der Waals surface area contributed by atoms with Gasteiger partial charge in [-0.3, -0.25) is 4.79 Å². The number of nitrogens with two attached hydrogens (primary N) is 1. The summed E-state index contributed by atoms with van der Waals surface area (Å²) in [5.41, 5.74) is 8.45. The number of morpholine rings is 1. The summed E-state index contributed by atoms with van der Waals surface area (Å²) in [6.07, 6.45) is 0. The van der Waals surface area contributed by atoms with Crippen molar-refractivity contribution < 1.29 is 9.53 Å². The fourth-order valence-electron chi connectivity index (χ4n) is 2.15. The summed E-state index contributed by atoms with van der Waals surface area (Å²) >= 11 is 0. The first-order valence-electron chi connectivity index (χ1n) is 6.57. The highest BCUT2D eigenvalue weighted by Crippen LogP contribution is 2.19. The molecule has 2 rings (SSSR count). The molecule has 1 amide bonds. The van der Waals surface area contributed by atoms with Gasteiger partial charge in [0.15, 0.2) is 0 Å². The van der Waals surface area contributed by atoms with E-state index in [1.54, 1.807) is 0 Å². The number of carbonyl (C=O) groups excluding carboxylic acids is 1. The zero-order valence-electron chi connectivity index (χ0n) is 11.5. The number of nitrogen functional groups attached to an aromatic ring is 1. The lowest BCUT2D eigenvalue weighted by molar-refractivity contribution is -0.135. The molecule has 0 saturated carbocycles. The van der Waals surface area contributed by atoms with E-state index >= 15 is 0 Å². The van der Waals surface area contributed by atoms with E-state index in [1.165, 1.54) is 0 Å². The number of ether oxygens (including phenoxy) is 1. The molecule has 0 spiro atoms. The monoisotopic (exact) mass is 263 g/mol. The molecule has 5 nitrogen and oxygen atoms in total. The molecule has 0 aliphatic carbocycles. The second-order valence-electron chi connectivity index (χ2n) is 4.88. The molecular formula is C14H21N3O2. The average Bonchev–Trinajstić information content (AvgIpc) is 2.43. The molecule has 0 bridgehead atoms. The van der Waals surface area contributed by atoms with Crippen molar-refractivity contribution >= 4 is 17.3 Å². The molecule has 0 radical (unpaired) electrons. The van der Waals surface area contributed by atoms with Crippen molar-refractivity contribution in [3.63, 3.8) is 0 Å². The first-order valence-corrected chi connectivity index (χ1v) is 6.57. The van der Waals surface area contributed by atoms with Crippen molar-refractivity contribution in [2.75, 3.05) is 37.4 Å². The van der Waals surface area contributed by atoms with Crippen molar-refractivity contribution in [1.82, 2.24) is 4.90 Å². The van der Waals surface area contributed by atoms with Gasteiger partial charge in [0.2, 0.25) is 5.91 Å². The molecule has 3 N–H and O–H groups in total. The summed E-state index contributed by atoms with van der Waals surface area (Å²) in [5, 5.41) is 3.24. The van der Waals surface area contributed by atoms with E-state index in [9.17, 15) is 4.79 Å². The standard InChI is InChI=1S/C14H21N3O2/c1-10-3-4-12(15)9-13(10)16-11(2)14(18)17-5-7-19-8-6-17/h3-4,9,11,16H,5-8,15H2,1-2H3. The molecule has 1 heterocycles. The molecule has 5 heteroatoms. The zero-order valence-corrected chi connectivity index (χ0v) is 11.5. The highest BCUT2D eigenvalue weighted by atomic mass is 16.5. The maximum atomic E-state index is 12.3.